The lowest BCUT2D eigenvalue weighted by Gasteiger charge is -2.35. The highest BCUT2D eigenvalue weighted by atomic mass is 35.5. The third-order valence-corrected chi connectivity index (χ3v) is 5.37. The molecule has 6 nitrogen and oxygen atoms in total. The van der Waals surface area contributed by atoms with Gasteiger partial charge in [0.15, 0.2) is 0 Å². The number of urea groups is 1. The Bertz CT molecular complexity index is 955. The first-order valence-corrected chi connectivity index (χ1v) is 9.67. The fourth-order valence-electron chi connectivity index (χ4n) is 3.68. The first kappa shape index (κ1) is 18.5. The van der Waals surface area contributed by atoms with Crippen molar-refractivity contribution in [3.05, 3.63) is 52.8 Å². The van der Waals surface area contributed by atoms with Crippen LogP contribution >= 0.6 is 11.6 Å². The van der Waals surface area contributed by atoms with Crippen LogP contribution in [0.4, 0.5) is 4.79 Å². The van der Waals surface area contributed by atoms with Crippen LogP contribution < -0.4 is 5.32 Å². The molecule has 1 aliphatic heterocycles. The Morgan fingerprint density at radius 1 is 1.00 bits per heavy atom. The van der Waals surface area contributed by atoms with Gasteiger partial charge in [0, 0.05) is 16.6 Å². The highest BCUT2D eigenvalue weighted by molar-refractivity contribution is 6.31. The Hall–Kier alpha value is -2.86. The molecule has 1 aromatic carbocycles. The zero-order valence-electron chi connectivity index (χ0n) is 15.1. The molecule has 7 heteroatoms. The maximum Gasteiger partial charge on any atom is 0.331 e. The van der Waals surface area contributed by atoms with Crippen molar-refractivity contribution in [1.29, 1.82) is 0 Å². The predicted octanol–water partition coefficient (Wildman–Crippen LogP) is 4.39. The minimum atomic E-state index is -0.702. The van der Waals surface area contributed by atoms with Gasteiger partial charge >= 0.3 is 6.03 Å². The van der Waals surface area contributed by atoms with Crippen molar-refractivity contribution in [3.63, 3.8) is 0 Å². The molecule has 1 N–H and O–H groups in total. The first-order chi connectivity index (χ1) is 13.5. The van der Waals surface area contributed by atoms with E-state index in [0.717, 1.165) is 37.7 Å². The van der Waals surface area contributed by atoms with E-state index in [2.05, 4.69) is 5.32 Å². The number of hydrogen-bond acceptors (Lipinski definition) is 4. The third-order valence-electron chi connectivity index (χ3n) is 5.12. The minimum Gasteiger partial charge on any atom is -0.457 e. The molecule has 1 aliphatic carbocycles. The van der Waals surface area contributed by atoms with Crippen LogP contribution in [-0.2, 0) is 9.59 Å². The summed E-state index contributed by atoms with van der Waals surface area (Å²) in [4.78, 5) is 38.6. The van der Waals surface area contributed by atoms with Crippen LogP contribution in [0.25, 0.3) is 17.4 Å². The number of rotatable bonds is 3. The normalized spacial score (nSPS) is 20.0. The van der Waals surface area contributed by atoms with Gasteiger partial charge in [-0.1, -0.05) is 30.9 Å². The maximum absolute atomic E-state index is 12.9. The Kier molecular flexibility index (Phi) is 5.05. The van der Waals surface area contributed by atoms with Crippen LogP contribution in [0.5, 0.6) is 0 Å². The van der Waals surface area contributed by atoms with Gasteiger partial charge in [0.05, 0.1) is 0 Å². The number of nitrogens with zero attached hydrogens (tertiary/aromatic N) is 1. The molecule has 0 unspecified atom stereocenters. The molecule has 2 aliphatic rings. The average molecular weight is 399 g/mol. The van der Waals surface area contributed by atoms with E-state index in [9.17, 15) is 14.4 Å². The van der Waals surface area contributed by atoms with Crippen LogP contribution in [0.1, 0.15) is 37.9 Å². The average Bonchev–Trinajstić information content (AvgIpc) is 3.15. The number of nitrogens with one attached hydrogen (secondary N) is 1. The van der Waals surface area contributed by atoms with Crippen molar-refractivity contribution in [3.8, 4) is 11.3 Å². The number of carbonyl (C=O) groups is 3. The molecule has 2 fully saturated rings. The van der Waals surface area contributed by atoms with Crippen molar-refractivity contribution in [2.45, 2.75) is 38.1 Å². The summed E-state index contributed by atoms with van der Waals surface area (Å²) in [5.41, 5.74) is 0.731. The molecule has 144 valence electrons. The molecular weight excluding hydrogens is 380 g/mol. The summed E-state index contributed by atoms with van der Waals surface area (Å²) in [6.45, 7) is 0. The Morgan fingerprint density at radius 2 is 1.71 bits per heavy atom. The fourth-order valence-corrected chi connectivity index (χ4v) is 3.81. The van der Waals surface area contributed by atoms with E-state index in [-0.39, 0.29) is 11.6 Å². The molecule has 1 saturated heterocycles. The molecule has 0 spiro atoms. The summed E-state index contributed by atoms with van der Waals surface area (Å²) < 4.78 is 5.76. The van der Waals surface area contributed by atoms with E-state index in [1.807, 2.05) is 12.1 Å². The van der Waals surface area contributed by atoms with E-state index < -0.39 is 17.8 Å². The molecule has 0 radical (unpaired) electrons. The number of halogens is 1. The van der Waals surface area contributed by atoms with Crippen molar-refractivity contribution in [2.75, 3.05) is 0 Å². The number of furan rings is 1. The lowest BCUT2D eigenvalue weighted by Crippen LogP contribution is -2.58. The third kappa shape index (κ3) is 3.60. The lowest BCUT2D eigenvalue weighted by molar-refractivity contribution is -0.132. The zero-order chi connectivity index (χ0) is 19.7. The quantitative estimate of drug-likeness (QED) is 0.614. The summed E-state index contributed by atoms with van der Waals surface area (Å²) in [5, 5.41) is 2.89. The van der Waals surface area contributed by atoms with Crippen molar-refractivity contribution in [2.24, 2.45) is 0 Å². The topological polar surface area (TPSA) is 79.6 Å². The molecule has 0 atom stereocenters. The largest absolute Gasteiger partial charge is 0.457 e. The zero-order valence-corrected chi connectivity index (χ0v) is 15.9. The number of hydrogen-bond donors (Lipinski definition) is 1. The van der Waals surface area contributed by atoms with Crippen LogP contribution in [0.3, 0.4) is 0 Å². The Labute approximate surface area is 167 Å². The monoisotopic (exact) mass is 398 g/mol. The van der Waals surface area contributed by atoms with E-state index in [4.69, 9.17) is 16.0 Å². The Balaban J connectivity index is 1.61. The molecule has 4 amide bonds. The number of carbonyl (C=O) groups excluding carboxylic acids is 3. The molecule has 1 saturated carbocycles. The van der Waals surface area contributed by atoms with Gasteiger partial charge in [-0.2, -0.15) is 0 Å². The van der Waals surface area contributed by atoms with Gasteiger partial charge in [0.1, 0.15) is 17.1 Å². The minimum absolute atomic E-state index is 0.0952. The summed E-state index contributed by atoms with van der Waals surface area (Å²) in [6, 6.07) is 9.77. The SMILES string of the molecule is O=C1NC(=O)N(C2CCCCC2)C(=O)C1=Cc1ccc(-c2ccc(Cl)cc2)o1. The van der Waals surface area contributed by atoms with E-state index >= 15 is 0 Å². The Morgan fingerprint density at radius 3 is 2.43 bits per heavy atom. The second-order valence-electron chi connectivity index (χ2n) is 6.99. The molecule has 28 heavy (non-hydrogen) atoms. The molecular formula is C21H19ClN2O4. The summed E-state index contributed by atoms with van der Waals surface area (Å²) >= 11 is 5.90. The second kappa shape index (κ2) is 7.64. The molecule has 0 bridgehead atoms. The van der Waals surface area contributed by atoms with E-state index in [0.29, 0.717) is 16.5 Å². The van der Waals surface area contributed by atoms with Crippen molar-refractivity contribution >= 4 is 35.5 Å². The van der Waals surface area contributed by atoms with Crippen LogP contribution in [0.15, 0.2) is 46.4 Å². The highest BCUT2D eigenvalue weighted by Gasteiger charge is 2.40. The van der Waals surface area contributed by atoms with E-state index in [1.54, 1.807) is 24.3 Å². The number of barbiturate groups is 1. The van der Waals surface area contributed by atoms with Crippen LogP contribution in [-0.4, -0.2) is 28.8 Å². The van der Waals surface area contributed by atoms with Gasteiger partial charge in [-0.05, 0) is 55.3 Å². The lowest BCUT2D eigenvalue weighted by atomic mass is 9.93. The standard InChI is InChI=1S/C21H19ClN2O4/c22-14-8-6-13(7-9-14)18-11-10-16(28-18)12-17-19(25)23-21(27)24(20(17)26)15-4-2-1-3-5-15/h6-12,15H,1-5H2,(H,23,25,27). The van der Waals surface area contributed by atoms with E-state index in [1.165, 1.54) is 11.0 Å². The fraction of sp³-hybridized carbons (Fsp3) is 0.286. The maximum atomic E-state index is 12.9. The first-order valence-electron chi connectivity index (χ1n) is 9.29. The van der Waals surface area contributed by atoms with Crippen molar-refractivity contribution < 1.29 is 18.8 Å². The van der Waals surface area contributed by atoms with Gasteiger partial charge in [-0.3, -0.25) is 19.8 Å². The molecule has 2 heterocycles. The predicted molar refractivity (Wildman–Crippen MR) is 104 cm³/mol. The molecule has 2 aromatic rings. The van der Waals surface area contributed by atoms with Gasteiger partial charge in [-0.15, -0.1) is 0 Å². The van der Waals surface area contributed by atoms with Gasteiger partial charge in [0.2, 0.25) is 0 Å². The summed E-state index contributed by atoms with van der Waals surface area (Å²) in [5.74, 6) is -0.314. The molecule has 1 aromatic heterocycles. The van der Waals surface area contributed by atoms with Crippen molar-refractivity contribution in [1.82, 2.24) is 10.2 Å². The highest BCUT2D eigenvalue weighted by Crippen LogP contribution is 2.28. The number of benzene rings is 1. The summed E-state index contributed by atoms with van der Waals surface area (Å²) in [7, 11) is 0. The second-order valence-corrected chi connectivity index (χ2v) is 7.43. The van der Waals surface area contributed by atoms with Gasteiger partial charge in [-0.25, -0.2) is 4.79 Å². The van der Waals surface area contributed by atoms with Gasteiger partial charge < -0.3 is 4.42 Å². The van der Waals surface area contributed by atoms with Gasteiger partial charge in [0.25, 0.3) is 11.8 Å². The number of imide groups is 2. The summed E-state index contributed by atoms with van der Waals surface area (Å²) in [6.07, 6.45) is 5.96. The van der Waals surface area contributed by atoms with Crippen LogP contribution in [0.2, 0.25) is 5.02 Å². The smallest absolute Gasteiger partial charge is 0.331 e. The van der Waals surface area contributed by atoms with Crippen LogP contribution in [0, 0.1) is 0 Å². The number of amides is 4. The molecule has 4 rings (SSSR count).